The summed E-state index contributed by atoms with van der Waals surface area (Å²) in [4.78, 5) is 22.8. The van der Waals surface area contributed by atoms with Crippen molar-refractivity contribution in [2.24, 2.45) is 5.92 Å². The predicted octanol–water partition coefficient (Wildman–Crippen LogP) is 2.50. The second-order valence-electron chi connectivity index (χ2n) is 5.89. The lowest BCUT2D eigenvalue weighted by atomic mass is 9.92. The molecule has 4 nitrogen and oxygen atoms in total. The monoisotopic (exact) mass is 295 g/mol. The first-order chi connectivity index (χ1) is 10.8. The normalized spacial score (nSPS) is 15.7. The Morgan fingerprint density at radius 2 is 1.91 bits per heavy atom. The molecular formula is C18H21N3O. The van der Waals surface area contributed by atoms with Gasteiger partial charge in [0.15, 0.2) is 0 Å². The largest absolute Gasteiger partial charge is 0.342 e. The molecular weight excluding hydrogens is 274 g/mol. The van der Waals surface area contributed by atoms with Crippen LogP contribution in [0.5, 0.6) is 0 Å². The predicted molar refractivity (Wildman–Crippen MR) is 85.2 cm³/mol. The molecule has 0 N–H and O–H groups in total. The molecule has 0 radical (unpaired) electrons. The van der Waals surface area contributed by atoms with Gasteiger partial charge in [0.05, 0.1) is 12.1 Å². The molecule has 3 rings (SSSR count). The minimum atomic E-state index is 0.240. The third-order valence-corrected chi connectivity index (χ3v) is 4.28. The van der Waals surface area contributed by atoms with Crippen LogP contribution in [0.4, 0.5) is 0 Å². The Hall–Kier alpha value is -2.23. The molecule has 0 unspecified atom stereocenters. The Morgan fingerprint density at radius 1 is 1.14 bits per heavy atom. The molecule has 1 aromatic heterocycles. The Kier molecular flexibility index (Phi) is 4.78. The van der Waals surface area contributed by atoms with Crippen molar-refractivity contribution < 1.29 is 4.79 Å². The SMILES string of the molecule is O=C(Cc1ccccc1)N1CCC(Cc2cnccn2)CC1. The van der Waals surface area contributed by atoms with Gasteiger partial charge in [-0.15, -0.1) is 0 Å². The molecule has 1 saturated heterocycles. The molecule has 1 aliphatic rings. The molecule has 0 atom stereocenters. The van der Waals surface area contributed by atoms with Crippen LogP contribution in [0.1, 0.15) is 24.1 Å². The van der Waals surface area contributed by atoms with Gasteiger partial charge in [0.1, 0.15) is 0 Å². The highest BCUT2D eigenvalue weighted by Crippen LogP contribution is 2.21. The lowest BCUT2D eigenvalue weighted by Crippen LogP contribution is -2.39. The van der Waals surface area contributed by atoms with E-state index >= 15 is 0 Å². The van der Waals surface area contributed by atoms with Gasteiger partial charge in [0.25, 0.3) is 0 Å². The van der Waals surface area contributed by atoms with Gasteiger partial charge in [0.2, 0.25) is 5.91 Å². The van der Waals surface area contributed by atoms with E-state index in [0.717, 1.165) is 43.6 Å². The summed E-state index contributed by atoms with van der Waals surface area (Å²) in [5.74, 6) is 0.849. The summed E-state index contributed by atoms with van der Waals surface area (Å²) in [7, 11) is 0. The summed E-state index contributed by atoms with van der Waals surface area (Å²) in [5.41, 5.74) is 2.14. The fourth-order valence-corrected chi connectivity index (χ4v) is 3.00. The smallest absolute Gasteiger partial charge is 0.226 e. The van der Waals surface area contributed by atoms with Crippen LogP contribution < -0.4 is 0 Å². The van der Waals surface area contributed by atoms with Crippen LogP contribution >= 0.6 is 0 Å². The lowest BCUT2D eigenvalue weighted by molar-refractivity contribution is -0.131. The zero-order valence-corrected chi connectivity index (χ0v) is 12.7. The molecule has 2 heterocycles. The fourth-order valence-electron chi connectivity index (χ4n) is 3.00. The number of nitrogens with zero attached hydrogens (tertiary/aromatic N) is 3. The molecule has 1 aliphatic heterocycles. The van der Waals surface area contributed by atoms with Crippen LogP contribution in [0.3, 0.4) is 0 Å². The van der Waals surface area contributed by atoms with Gasteiger partial charge in [-0.3, -0.25) is 14.8 Å². The fraction of sp³-hybridized carbons (Fsp3) is 0.389. The first-order valence-electron chi connectivity index (χ1n) is 7.88. The molecule has 4 heteroatoms. The number of amides is 1. The van der Waals surface area contributed by atoms with Crippen molar-refractivity contribution in [2.45, 2.75) is 25.7 Å². The van der Waals surface area contributed by atoms with Gasteiger partial charge in [-0.1, -0.05) is 30.3 Å². The summed E-state index contributed by atoms with van der Waals surface area (Å²) in [6, 6.07) is 9.97. The summed E-state index contributed by atoms with van der Waals surface area (Å²) < 4.78 is 0. The molecule has 0 bridgehead atoms. The van der Waals surface area contributed by atoms with Crippen molar-refractivity contribution in [3.63, 3.8) is 0 Å². The quantitative estimate of drug-likeness (QED) is 0.870. The second-order valence-corrected chi connectivity index (χ2v) is 5.89. The summed E-state index contributed by atoms with van der Waals surface area (Å²) in [5, 5.41) is 0. The molecule has 1 aromatic carbocycles. The number of carbonyl (C=O) groups excluding carboxylic acids is 1. The van der Waals surface area contributed by atoms with Crippen LogP contribution in [0, 0.1) is 5.92 Å². The van der Waals surface area contributed by atoms with Crippen molar-refractivity contribution in [2.75, 3.05) is 13.1 Å². The minimum absolute atomic E-state index is 0.240. The number of carbonyl (C=O) groups is 1. The number of aromatic nitrogens is 2. The van der Waals surface area contributed by atoms with Crippen LogP contribution in [0.25, 0.3) is 0 Å². The lowest BCUT2D eigenvalue weighted by Gasteiger charge is -2.32. The number of hydrogen-bond acceptors (Lipinski definition) is 3. The highest BCUT2D eigenvalue weighted by Gasteiger charge is 2.23. The number of benzene rings is 1. The first-order valence-corrected chi connectivity index (χ1v) is 7.88. The summed E-state index contributed by atoms with van der Waals surface area (Å²) in [6.07, 6.45) is 8.87. The van der Waals surface area contributed by atoms with Crippen LogP contribution in [-0.2, 0) is 17.6 Å². The molecule has 114 valence electrons. The van der Waals surface area contributed by atoms with Crippen molar-refractivity contribution >= 4 is 5.91 Å². The van der Waals surface area contributed by atoms with Crippen molar-refractivity contribution in [3.8, 4) is 0 Å². The third-order valence-electron chi connectivity index (χ3n) is 4.28. The topological polar surface area (TPSA) is 46.1 Å². The molecule has 0 spiro atoms. The van der Waals surface area contributed by atoms with Crippen molar-refractivity contribution in [1.82, 2.24) is 14.9 Å². The van der Waals surface area contributed by atoms with E-state index in [0.29, 0.717) is 12.3 Å². The molecule has 22 heavy (non-hydrogen) atoms. The Bertz CT molecular complexity index is 592. The van der Waals surface area contributed by atoms with Crippen LogP contribution in [-0.4, -0.2) is 33.9 Å². The second kappa shape index (κ2) is 7.16. The standard InChI is InChI=1S/C18H21N3O/c22-18(13-15-4-2-1-3-5-15)21-10-6-16(7-11-21)12-17-14-19-8-9-20-17/h1-5,8-9,14,16H,6-7,10-13H2. The Morgan fingerprint density at radius 3 is 2.59 bits per heavy atom. The number of piperidine rings is 1. The highest BCUT2D eigenvalue weighted by molar-refractivity contribution is 5.78. The van der Waals surface area contributed by atoms with E-state index in [2.05, 4.69) is 9.97 Å². The minimum Gasteiger partial charge on any atom is -0.342 e. The van der Waals surface area contributed by atoms with E-state index < -0.39 is 0 Å². The van der Waals surface area contributed by atoms with Gasteiger partial charge in [0, 0.05) is 31.7 Å². The first kappa shape index (κ1) is 14.7. The Labute approximate surface area is 131 Å². The van der Waals surface area contributed by atoms with Gasteiger partial charge in [-0.05, 0) is 30.7 Å². The van der Waals surface area contributed by atoms with E-state index in [4.69, 9.17) is 0 Å². The summed E-state index contributed by atoms with van der Waals surface area (Å²) >= 11 is 0. The zero-order valence-electron chi connectivity index (χ0n) is 12.7. The molecule has 1 amide bonds. The Balaban J connectivity index is 1.48. The average molecular weight is 295 g/mol. The van der Waals surface area contributed by atoms with E-state index in [9.17, 15) is 4.79 Å². The van der Waals surface area contributed by atoms with E-state index in [1.807, 2.05) is 41.4 Å². The van der Waals surface area contributed by atoms with E-state index in [-0.39, 0.29) is 5.91 Å². The van der Waals surface area contributed by atoms with Gasteiger partial charge >= 0.3 is 0 Å². The van der Waals surface area contributed by atoms with Gasteiger partial charge in [-0.25, -0.2) is 0 Å². The molecule has 2 aromatic rings. The zero-order chi connectivity index (χ0) is 15.2. The highest BCUT2D eigenvalue weighted by atomic mass is 16.2. The van der Waals surface area contributed by atoms with E-state index in [1.165, 1.54) is 0 Å². The van der Waals surface area contributed by atoms with Crippen LogP contribution in [0.2, 0.25) is 0 Å². The molecule has 1 fully saturated rings. The maximum atomic E-state index is 12.3. The molecule has 0 aliphatic carbocycles. The van der Waals surface area contributed by atoms with Crippen molar-refractivity contribution in [1.29, 1.82) is 0 Å². The van der Waals surface area contributed by atoms with Crippen molar-refractivity contribution in [3.05, 3.63) is 60.2 Å². The van der Waals surface area contributed by atoms with Crippen LogP contribution in [0.15, 0.2) is 48.9 Å². The maximum Gasteiger partial charge on any atom is 0.226 e. The van der Waals surface area contributed by atoms with E-state index in [1.54, 1.807) is 12.4 Å². The third kappa shape index (κ3) is 3.91. The summed E-state index contributed by atoms with van der Waals surface area (Å²) in [6.45, 7) is 1.72. The number of hydrogen-bond donors (Lipinski definition) is 0. The molecule has 0 saturated carbocycles. The van der Waals surface area contributed by atoms with Gasteiger partial charge < -0.3 is 4.90 Å². The number of likely N-dealkylation sites (tertiary alicyclic amines) is 1. The average Bonchev–Trinajstić information content (AvgIpc) is 2.57. The maximum absolute atomic E-state index is 12.3. The number of rotatable bonds is 4. The van der Waals surface area contributed by atoms with Gasteiger partial charge in [-0.2, -0.15) is 0 Å².